The van der Waals surface area contributed by atoms with Gasteiger partial charge in [0.05, 0.1) is 24.7 Å². The minimum absolute atomic E-state index is 0.0677. The number of nitrogens with two attached hydrogens (primary N) is 1. The summed E-state index contributed by atoms with van der Waals surface area (Å²) in [5.41, 5.74) is 7.14. The highest BCUT2D eigenvalue weighted by Crippen LogP contribution is 2.44. The molecule has 0 aromatic heterocycles. The van der Waals surface area contributed by atoms with Crippen LogP contribution in [0.15, 0.2) is 60.7 Å². The first-order chi connectivity index (χ1) is 21.0. The van der Waals surface area contributed by atoms with Crippen LogP contribution in [0.2, 0.25) is 0 Å². The minimum Gasteiger partial charge on any atom is -0.444 e. The van der Waals surface area contributed by atoms with Gasteiger partial charge in [-0.25, -0.2) is 9.36 Å². The van der Waals surface area contributed by atoms with E-state index < -0.39 is 55.5 Å². The van der Waals surface area contributed by atoms with Crippen LogP contribution in [0.4, 0.5) is 4.79 Å². The predicted molar refractivity (Wildman–Crippen MR) is 170 cm³/mol. The molecule has 0 heterocycles. The number of aliphatic hydroxyl groups excluding tert-OH is 1. The standard InChI is InChI=1S/C32H48N3O9P/c1-22(2)18-27(29(37)35-31(39)43-32(3,4)5)34-16-17-42-45(40,41)44-30(38)25(19-23-12-8-6-9-13-23)21-28(36)26(33)20-24-14-10-7-11-15-24/h6-15,22,25-28,34,36H,16-21,33H2,1-5H3,(H,40,41)(H,35,37,39)/t25?,26-,27+,28-/m0/s1. The Balaban J connectivity index is 1.98. The number of amides is 2. The van der Waals surface area contributed by atoms with Crippen molar-refractivity contribution in [3.63, 3.8) is 0 Å². The van der Waals surface area contributed by atoms with Crippen molar-refractivity contribution in [2.75, 3.05) is 13.2 Å². The first kappa shape index (κ1) is 38.1. The van der Waals surface area contributed by atoms with Gasteiger partial charge in [-0.15, -0.1) is 0 Å². The maximum atomic E-state index is 13.1. The monoisotopic (exact) mass is 649 g/mol. The normalized spacial score (nSPS) is 15.8. The molecule has 13 heteroatoms. The Morgan fingerprint density at radius 2 is 1.49 bits per heavy atom. The summed E-state index contributed by atoms with van der Waals surface area (Å²) < 4.78 is 27.8. The van der Waals surface area contributed by atoms with Crippen LogP contribution in [0.3, 0.4) is 0 Å². The largest absolute Gasteiger partial charge is 0.529 e. The number of alkyl carbamates (subject to hydrolysis) is 1. The number of nitrogens with one attached hydrogen (secondary N) is 2. The molecule has 45 heavy (non-hydrogen) atoms. The molecule has 0 saturated carbocycles. The van der Waals surface area contributed by atoms with Gasteiger partial charge in [-0.05, 0) is 63.5 Å². The first-order valence-electron chi connectivity index (χ1n) is 15.0. The first-order valence-corrected chi connectivity index (χ1v) is 16.5. The second-order valence-electron chi connectivity index (χ2n) is 12.4. The Morgan fingerprint density at radius 3 is 2.02 bits per heavy atom. The number of carbonyl (C=O) groups is 3. The van der Waals surface area contributed by atoms with Gasteiger partial charge in [0.2, 0.25) is 5.91 Å². The molecule has 0 aliphatic heterocycles. The molecule has 2 amide bonds. The molecular formula is C32H48N3O9P. The minimum atomic E-state index is -4.86. The molecule has 0 radical (unpaired) electrons. The molecular weight excluding hydrogens is 601 g/mol. The average molecular weight is 650 g/mol. The summed E-state index contributed by atoms with van der Waals surface area (Å²) in [6, 6.07) is 16.9. The maximum Gasteiger partial charge on any atom is 0.529 e. The van der Waals surface area contributed by atoms with Gasteiger partial charge in [0.25, 0.3) is 0 Å². The van der Waals surface area contributed by atoms with Gasteiger partial charge < -0.3 is 25.4 Å². The zero-order chi connectivity index (χ0) is 33.6. The third-order valence-corrected chi connectivity index (χ3v) is 7.51. The molecule has 12 nitrogen and oxygen atoms in total. The second kappa shape index (κ2) is 18.1. The molecule has 0 aliphatic rings. The molecule has 2 rings (SSSR count). The number of hydrogen-bond donors (Lipinski definition) is 5. The topological polar surface area (TPSA) is 187 Å². The smallest absolute Gasteiger partial charge is 0.444 e. The second-order valence-corrected chi connectivity index (χ2v) is 13.8. The third kappa shape index (κ3) is 15.6. The molecule has 0 bridgehead atoms. The number of hydrogen-bond acceptors (Lipinski definition) is 10. The van der Waals surface area contributed by atoms with E-state index in [1.54, 1.807) is 45.0 Å². The lowest BCUT2D eigenvalue weighted by molar-refractivity contribution is -0.141. The lowest BCUT2D eigenvalue weighted by atomic mass is 9.90. The Morgan fingerprint density at radius 1 is 0.933 bits per heavy atom. The Kier molecular flexibility index (Phi) is 15.3. The SMILES string of the molecule is CC(C)C[C@@H](NCCOP(=O)(O)OC(=O)C(Cc1ccccc1)C[C@H](O)[C@@H](N)Cc1ccccc1)C(=O)NC(=O)OC(C)(C)C. The predicted octanol–water partition coefficient (Wildman–Crippen LogP) is 3.88. The molecule has 5 atom stereocenters. The van der Waals surface area contributed by atoms with Crippen molar-refractivity contribution in [1.82, 2.24) is 10.6 Å². The van der Waals surface area contributed by atoms with Crippen LogP contribution in [-0.2, 0) is 40.8 Å². The van der Waals surface area contributed by atoms with Crippen molar-refractivity contribution in [3.8, 4) is 0 Å². The summed E-state index contributed by atoms with van der Waals surface area (Å²) >= 11 is 0. The number of ether oxygens (including phenoxy) is 1. The Hall–Kier alpha value is -3.12. The number of phosphoric acid groups is 1. The molecule has 0 aliphatic carbocycles. The van der Waals surface area contributed by atoms with Crippen molar-refractivity contribution in [2.45, 2.75) is 84.1 Å². The maximum absolute atomic E-state index is 13.1. The van der Waals surface area contributed by atoms with E-state index in [0.29, 0.717) is 12.8 Å². The van der Waals surface area contributed by atoms with Crippen LogP contribution in [0.1, 0.15) is 58.6 Å². The van der Waals surface area contributed by atoms with Gasteiger partial charge in [-0.1, -0.05) is 74.5 Å². The lowest BCUT2D eigenvalue weighted by Gasteiger charge is -2.24. The van der Waals surface area contributed by atoms with Crippen LogP contribution < -0.4 is 16.4 Å². The summed E-state index contributed by atoms with van der Waals surface area (Å²) in [5.74, 6) is -2.55. The summed E-state index contributed by atoms with van der Waals surface area (Å²) in [5, 5.41) is 15.9. The third-order valence-electron chi connectivity index (χ3n) is 6.59. The summed E-state index contributed by atoms with van der Waals surface area (Å²) in [6.45, 7) is 8.35. The molecule has 6 N–H and O–H groups in total. The van der Waals surface area contributed by atoms with Gasteiger partial charge in [-0.2, -0.15) is 0 Å². The zero-order valence-electron chi connectivity index (χ0n) is 26.7. The van der Waals surface area contributed by atoms with Crippen molar-refractivity contribution >= 4 is 25.8 Å². The van der Waals surface area contributed by atoms with E-state index in [1.807, 2.05) is 50.2 Å². The van der Waals surface area contributed by atoms with Crippen molar-refractivity contribution in [3.05, 3.63) is 71.8 Å². The Labute approximate surface area is 265 Å². The quantitative estimate of drug-likeness (QED) is 0.124. The highest BCUT2D eigenvalue weighted by molar-refractivity contribution is 7.48. The van der Waals surface area contributed by atoms with Crippen LogP contribution in [0, 0.1) is 11.8 Å². The van der Waals surface area contributed by atoms with Gasteiger partial charge in [0, 0.05) is 12.6 Å². The molecule has 2 unspecified atom stereocenters. The summed E-state index contributed by atoms with van der Waals surface area (Å²) in [4.78, 5) is 48.1. The van der Waals surface area contributed by atoms with Gasteiger partial charge in [-0.3, -0.25) is 24.3 Å². The van der Waals surface area contributed by atoms with E-state index in [0.717, 1.165) is 11.1 Å². The summed E-state index contributed by atoms with van der Waals surface area (Å²) in [7, 11) is -4.86. The number of phosphoric ester groups is 1. The van der Waals surface area contributed by atoms with E-state index in [2.05, 4.69) is 10.6 Å². The molecule has 250 valence electrons. The fourth-order valence-electron chi connectivity index (χ4n) is 4.50. The van der Waals surface area contributed by atoms with Gasteiger partial charge in [0.1, 0.15) is 5.60 Å². The van der Waals surface area contributed by atoms with Crippen LogP contribution in [-0.4, -0.2) is 64.9 Å². The number of rotatable bonds is 17. The molecule has 2 aromatic carbocycles. The highest BCUT2D eigenvalue weighted by atomic mass is 31.2. The van der Waals surface area contributed by atoms with Gasteiger partial charge in [0.15, 0.2) is 0 Å². The fourth-order valence-corrected chi connectivity index (χ4v) is 5.26. The van der Waals surface area contributed by atoms with E-state index in [1.165, 1.54) is 0 Å². The van der Waals surface area contributed by atoms with Gasteiger partial charge >= 0.3 is 19.9 Å². The molecule has 0 spiro atoms. The number of carbonyl (C=O) groups excluding carboxylic acids is 3. The van der Waals surface area contributed by atoms with Crippen molar-refractivity contribution in [1.29, 1.82) is 0 Å². The lowest BCUT2D eigenvalue weighted by Crippen LogP contribution is -2.48. The van der Waals surface area contributed by atoms with Crippen LogP contribution in [0.5, 0.6) is 0 Å². The van der Waals surface area contributed by atoms with E-state index in [-0.39, 0.29) is 31.9 Å². The van der Waals surface area contributed by atoms with Crippen molar-refractivity contribution in [2.24, 2.45) is 17.6 Å². The molecule has 0 fully saturated rings. The van der Waals surface area contributed by atoms with Crippen molar-refractivity contribution < 1.29 is 42.7 Å². The van der Waals surface area contributed by atoms with E-state index in [4.69, 9.17) is 19.5 Å². The zero-order valence-corrected chi connectivity index (χ0v) is 27.6. The molecule has 0 saturated heterocycles. The Bertz CT molecular complexity index is 1260. The number of imide groups is 1. The van der Waals surface area contributed by atoms with E-state index in [9.17, 15) is 28.9 Å². The van der Waals surface area contributed by atoms with E-state index >= 15 is 0 Å². The average Bonchev–Trinajstić information content (AvgIpc) is 2.93. The molecule has 2 aromatic rings. The summed E-state index contributed by atoms with van der Waals surface area (Å²) in [6.07, 6.45) is -1.22. The highest BCUT2D eigenvalue weighted by Gasteiger charge is 2.34. The number of aliphatic hydroxyl groups is 1. The fraction of sp³-hybridized carbons (Fsp3) is 0.531. The number of benzene rings is 2. The van der Waals surface area contributed by atoms with Crippen LogP contribution >= 0.6 is 7.82 Å². The van der Waals surface area contributed by atoms with Crippen LogP contribution in [0.25, 0.3) is 0 Å².